The zero-order valence-electron chi connectivity index (χ0n) is 9.62. The number of hydrogen-bond acceptors (Lipinski definition) is 5. The van der Waals surface area contributed by atoms with Crippen LogP contribution in [0.2, 0.25) is 0 Å². The highest BCUT2D eigenvalue weighted by Gasteiger charge is 2.14. The summed E-state index contributed by atoms with van der Waals surface area (Å²) in [6.07, 6.45) is 3.28. The van der Waals surface area contributed by atoms with Gasteiger partial charge in [0.15, 0.2) is 0 Å². The number of aromatic amines is 1. The maximum absolute atomic E-state index is 10.8. The van der Waals surface area contributed by atoms with E-state index in [9.17, 15) is 10.1 Å². The smallest absolute Gasteiger partial charge is 0.313 e. The molecule has 0 bridgehead atoms. The van der Waals surface area contributed by atoms with Gasteiger partial charge in [-0.25, -0.2) is 4.98 Å². The molecule has 0 aliphatic heterocycles. The van der Waals surface area contributed by atoms with E-state index >= 15 is 0 Å². The van der Waals surface area contributed by atoms with Crippen molar-refractivity contribution in [2.75, 3.05) is 5.43 Å². The van der Waals surface area contributed by atoms with Crippen LogP contribution in [0.5, 0.6) is 0 Å². The van der Waals surface area contributed by atoms with Crippen LogP contribution in [0.1, 0.15) is 11.4 Å². The summed E-state index contributed by atoms with van der Waals surface area (Å²) >= 11 is 0. The van der Waals surface area contributed by atoms with E-state index in [1.807, 2.05) is 12.1 Å². The average molecular weight is 245 g/mol. The molecule has 18 heavy (non-hydrogen) atoms. The van der Waals surface area contributed by atoms with Crippen molar-refractivity contribution in [2.24, 2.45) is 5.10 Å². The Labute approximate surface area is 103 Å². The second-order valence-corrected chi connectivity index (χ2v) is 3.57. The van der Waals surface area contributed by atoms with Crippen LogP contribution in [0.4, 0.5) is 11.5 Å². The van der Waals surface area contributed by atoms with E-state index in [-0.39, 0.29) is 11.5 Å². The summed E-state index contributed by atoms with van der Waals surface area (Å²) in [5.74, 6) is 0.128. The number of aryl methyl sites for hydroxylation is 1. The zero-order chi connectivity index (χ0) is 13.0. The Morgan fingerprint density at radius 2 is 2.33 bits per heavy atom. The molecule has 0 saturated carbocycles. The predicted molar refractivity (Wildman–Crippen MR) is 67.6 cm³/mol. The number of hydrogen-bond donors (Lipinski definition) is 2. The third-order valence-corrected chi connectivity index (χ3v) is 2.21. The monoisotopic (exact) mass is 245 g/mol. The van der Waals surface area contributed by atoms with Crippen molar-refractivity contribution < 1.29 is 4.92 Å². The van der Waals surface area contributed by atoms with Crippen molar-refractivity contribution in [2.45, 2.75) is 6.92 Å². The third-order valence-electron chi connectivity index (χ3n) is 2.21. The maximum atomic E-state index is 10.8. The second kappa shape index (κ2) is 5.09. The van der Waals surface area contributed by atoms with Gasteiger partial charge in [-0.3, -0.25) is 15.5 Å². The molecule has 7 heteroatoms. The summed E-state index contributed by atoms with van der Waals surface area (Å²) in [5.41, 5.74) is 3.93. The van der Waals surface area contributed by atoms with Crippen LogP contribution in [0.15, 0.2) is 35.6 Å². The molecule has 0 spiro atoms. The maximum Gasteiger partial charge on any atom is 0.313 e. The Balaban J connectivity index is 2.18. The highest BCUT2D eigenvalue weighted by molar-refractivity contribution is 5.77. The van der Waals surface area contributed by atoms with Gasteiger partial charge in [0.2, 0.25) is 5.82 Å². The lowest BCUT2D eigenvalue weighted by Crippen LogP contribution is -2.00. The number of H-pyrrole nitrogens is 1. The standard InChI is InChI=1S/C11H11N5O2/c1-8-4-5-10(16(17)18)11(14-8)15-13-7-9-3-2-6-12-9/h2-7,12H,1H3,(H,14,15)/b13-7-. The van der Waals surface area contributed by atoms with Crippen molar-refractivity contribution in [3.8, 4) is 0 Å². The first-order valence-electron chi connectivity index (χ1n) is 5.21. The van der Waals surface area contributed by atoms with E-state index in [2.05, 4.69) is 20.5 Å². The van der Waals surface area contributed by atoms with Crippen LogP contribution in [-0.4, -0.2) is 21.1 Å². The number of aromatic nitrogens is 2. The minimum absolute atomic E-state index is 0.107. The second-order valence-electron chi connectivity index (χ2n) is 3.57. The van der Waals surface area contributed by atoms with Crippen molar-refractivity contribution >= 4 is 17.7 Å². The molecule has 0 aliphatic rings. The van der Waals surface area contributed by atoms with Gasteiger partial charge in [-0.1, -0.05) is 0 Å². The zero-order valence-corrected chi connectivity index (χ0v) is 9.62. The Bertz CT molecular complexity index is 577. The number of nitrogens with zero attached hydrogens (tertiary/aromatic N) is 3. The van der Waals surface area contributed by atoms with Gasteiger partial charge < -0.3 is 4.98 Å². The number of hydrazone groups is 1. The number of nitro groups is 1. The van der Waals surface area contributed by atoms with Gasteiger partial charge in [-0.2, -0.15) is 5.10 Å². The minimum Gasteiger partial charge on any atom is -0.360 e. The lowest BCUT2D eigenvalue weighted by atomic mass is 10.3. The number of rotatable bonds is 4. The molecule has 2 aromatic rings. The number of anilines is 1. The molecular weight excluding hydrogens is 234 g/mol. The summed E-state index contributed by atoms with van der Waals surface area (Å²) in [4.78, 5) is 17.3. The lowest BCUT2D eigenvalue weighted by molar-refractivity contribution is -0.384. The highest BCUT2D eigenvalue weighted by atomic mass is 16.6. The molecule has 0 unspecified atom stereocenters. The van der Waals surface area contributed by atoms with Gasteiger partial charge in [0.1, 0.15) is 0 Å². The molecule has 0 amide bonds. The van der Waals surface area contributed by atoms with Gasteiger partial charge in [0, 0.05) is 18.0 Å². The van der Waals surface area contributed by atoms with Crippen molar-refractivity contribution in [3.05, 3.63) is 52.0 Å². The van der Waals surface area contributed by atoms with Gasteiger partial charge in [-0.15, -0.1) is 0 Å². The molecule has 7 nitrogen and oxygen atoms in total. The Hall–Kier alpha value is -2.70. The lowest BCUT2D eigenvalue weighted by Gasteiger charge is -2.01. The quantitative estimate of drug-likeness (QED) is 0.489. The first-order chi connectivity index (χ1) is 8.66. The molecule has 0 saturated heterocycles. The summed E-state index contributed by atoms with van der Waals surface area (Å²) in [7, 11) is 0. The van der Waals surface area contributed by atoms with Crippen molar-refractivity contribution in [1.29, 1.82) is 0 Å². The molecule has 0 fully saturated rings. The molecule has 92 valence electrons. The normalized spacial score (nSPS) is 10.7. The Kier molecular flexibility index (Phi) is 3.33. The van der Waals surface area contributed by atoms with Crippen LogP contribution < -0.4 is 5.43 Å². The Morgan fingerprint density at radius 1 is 1.50 bits per heavy atom. The fourth-order valence-corrected chi connectivity index (χ4v) is 1.37. The first-order valence-corrected chi connectivity index (χ1v) is 5.21. The number of pyridine rings is 1. The van der Waals surface area contributed by atoms with Gasteiger partial charge in [0.25, 0.3) is 0 Å². The van der Waals surface area contributed by atoms with E-state index in [1.165, 1.54) is 12.3 Å². The van der Waals surface area contributed by atoms with Crippen LogP contribution in [0.25, 0.3) is 0 Å². The van der Waals surface area contributed by atoms with E-state index in [0.717, 1.165) is 5.69 Å². The summed E-state index contributed by atoms with van der Waals surface area (Å²) in [6.45, 7) is 1.75. The van der Waals surface area contributed by atoms with Crippen molar-refractivity contribution in [1.82, 2.24) is 9.97 Å². The summed E-state index contributed by atoms with van der Waals surface area (Å²) in [6, 6.07) is 6.63. The fourth-order valence-electron chi connectivity index (χ4n) is 1.37. The molecule has 2 rings (SSSR count). The molecule has 0 aliphatic carbocycles. The topological polar surface area (TPSA) is 96.2 Å². The first kappa shape index (κ1) is 11.8. The third kappa shape index (κ3) is 2.70. The predicted octanol–water partition coefficient (Wildman–Crippen LogP) is 2.07. The van der Waals surface area contributed by atoms with Crippen LogP contribution in [0, 0.1) is 17.0 Å². The summed E-state index contributed by atoms with van der Waals surface area (Å²) < 4.78 is 0. The average Bonchev–Trinajstić information content (AvgIpc) is 2.82. The van der Waals surface area contributed by atoms with Crippen LogP contribution in [0.3, 0.4) is 0 Å². The van der Waals surface area contributed by atoms with Crippen LogP contribution in [-0.2, 0) is 0 Å². The van der Waals surface area contributed by atoms with Gasteiger partial charge >= 0.3 is 5.69 Å². The van der Waals surface area contributed by atoms with Gasteiger partial charge in [-0.05, 0) is 25.1 Å². The van der Waals surface area contributed by atoms with E-state index in [0.29, 0.717) is 5.69 Å². The van der Waals surface area contributed by atoms with Gasteiger partial charge in [0.05, 0.1) is 16.8 Å². The Morgan fingerprint density at radius 3 is 3.00 bits per heavy atom. The van der Waals surface area contributed by atoms with E-state index < -0.39 is 4.92 Å². The highest BCUT2D eigenvalue weighted by Crippen LogP contribution is 2.21. The molecule has 0 radical (unpaired) electrons. The van der Waals surface area contributed by atoms with Crippen LogP contribution >= 0.6 is 0 Å². The summed E-state index contributed by atoms with van der Waals surface area (Å²) in [5, 5.41) is 14.7. The van der Waals surface area contributed by atoms with E-state index in [4.69, 9.17) is 0 Å². The fraction of sp³-hybridized carbons (Fsp3) is 0.0909. The SMILES string of the molecule is Cc1ccc([N+](=O)[O-])c(N/N=C\c2ccc[nH]2)n1. The number of nitrogens with one attached hydrogen (secondary N) is 2. The molecule has 2 aromatic heterocycles. The molecule has 0 atom stereocenters. The van der Waals surface area contributed by atoms with E-state index in [1.54, 1.807) is 19.2 Å². The molecule has 2 heterocycles. The largest absolute Gasteiger partial charge is 0.360 e. The minimum atomic E-state index is -0.501. The molecule has 0 aromatic carbocycles. The van der Waals surface area contributed by atoms with Crippen molar-refractivity contribution in [3.63, 3.8) is 0 Å². The molecule has 2 N–H and O–H groups in total. The molecular formula is C11H11N5O2.